The molecular formula is C27H29FN8. The van der Waals surface area contributed by atoms with Gasteiger partial charge in [-0.15, -0.1) is 0 Å². The summed E-state index contributed by atoms with van der Waals surface area (Å²) >= 11 is 0. The van der Waals surface area contributed by atoms with Crippen LogP contribution in [0, 0.1) is 12.7 Å². The fraction of sp³-hybridized carbons (Fsp3) is 0.370. The minimum atomic E-state index is -0.422. The van der Waals surface area contributed by atoms with Crippen molar-refractivity contribution in [2.75, 3.05) is 30.4 Å². The third-order valence-electron chi connectivity index (χ3n) is 7.07. The second-order valence-corrected chi connectivity index (χ2v) is 9.76. The monoisotopic (exact) mass is 484 g/mol. The fourth-order valence-corrected chi connectivity index (χ4v) is 4.93. The molecule has 184 valence electrons. The topological polar surface area (TPSA) is 91.8 Å². The Hall–Kier alpha value is -3.72. The van der Waals surface area contributed by atoms with Crippen molar-refractivity contribution in [2.24, 2.45) is 0 Å². The first-order chi connectivity index (χ1) is 17.6. The molecular weight excluding hydrogens is 455 g/mol. The molecule has 5 heterocycles. The van der Waals surface area contributed by atoms with Crippen LogP contribution in [0.4, 0.5) is 21.8 Å². The predicted octanol–water partition coefficient (Wildman–Crippen LogP) is 4.74. The molecule has 0 spiro atoms. The molecule has 36 heavy (non-hydrogen) atoms. The number of hydrogen-bond acceptors (Lipinski definition) is 8. The third kappa shape index (κ3) is 4.46. The smallest absolute Gasteiger partial charge is 0.167 e. The second kappa shape index (κ2) is 9.39. The number of halogens is 1. The van der Waals surface area contributed by atoms with Gasteiger partial charge in [-0.05, 0) is 80.9 Å². The third-order valence-corrected chi connectivity index (χ3v) is 7.07. The molecule has 9 heteroatoms. The normalized spacial score (nSPS) is 16.3. The number of piperidine rings is 1. The van der Waals surface area contributed by atoms with E-state index in [-0.39, 0.29) is 5.82 Å². The molecule has 0 bridgehead atoms. The lowest BCUT2D eigenvalue weighted by atomic mass is 10.0. The number of fused-ring (bicyclic) bond motifs is 1. The van der Waals surface area contributed by atoms with Gasteiger partial charge in [-0.2, -0.15) is 0 Å². The van der Waals surface area contributed by atoms with Crippen molar-refractivity contribution in [1.82, 2.24) is 30.2 Å². The number of aromatic nitrogens is 5. The van der Waals surface area contributed by atoms with Crippen molar-refractivity contribution < 1.29 is 4.39 Å². The quantitative estimate of drug-likeness (QED) is 0.406. The van der Waals surface area contributed by atoms with Gasteiger partial charge in [-0.3, -0.25) is 4.98 Å². The van der Waals surface area contributed by atoms with Crippen LogP contribution in [0.2, 0.25) is 0 Å². The van der Waals surface area contributed by atoms with Gasteiger partial charge in [0.1, 0.15) is 11.6 Å². The SMILES string of the molecule is Cc1cnc(Nc2cc(-c3nc(N(C)C4CCNCC4)c4c(C5CC5)cncc4n3)ccn2)c(F)c1. The molecule has 0 radical (unpaired) electrons. The molecule has 8 nitrogen and oxygen atoms in total. The van der Waals surface area contributed by atoms with Gasteiger partial charge in [0.15, 0.2) is 17.5 Å². The zero-order chi connectivity index (χ0) is 24.6. The summed E-state index contributed by atoms with van der Waals surface area (Å²) in [7, 11) is 2.14. The first kappa shape index (κ1) is 22.7. The fourth-order valence-electron chi connectivity index (χ4n) is 4.93. The largest absolute Gasteiger partial charge is 0.356 e. The summed E-state index contributed by atoms with van der Waals surface area (Å²) in [5.41, 5.74) is 3.64. The molecule has 6 rings (SSSR count). The van der Waals surface area contributed by atoms with E-state index >= 15 is 0 Å². The highest BCUT2D eigenvalue weighted by molar-refractivity contribution is 5.94. The summed E-state index contributed by atoms with van der Waals surface area (Å²) in [6, 6.07) is 5.55. The highest BCUT2D eigenvalue weighted by Gasteiger charge is 2.30. The molecule has 2 aliphatic rings. The van der Waals surface area contributed by atoms with Gasteiger partial charge in [0.25, 0.3) is 0 Å². The van der Waals surface area contributed by atoms with Gasteiger partial charge in [-0.25, -0.2) is 24.3 Å². The molecule has 0 atom stereocenters. The van der Waals surface area contributed by atoms with Crippen molar-refractivity contribution in [1.29, 1.82) is 0 Å². The van der Waals surface area contributed by atoms with Crippen LogP contribution in [0.25, 0.3) is 22.3 Å². The van der Waals surface area contributed by atoms with Gasteiger partial charge in [0, 0.05) is 42.6 Å². The standard InChI is InChI=1S/C27H29FN8/c1-16-11-21(28)26(32-13-16)34-23-12-18(5-10-31-23)25-33-22-15-30-14-20(17-3-4-17)24(22)27(35-25)36(2)19-6-8-29-9-7-19/h5,10-15,17,19,29H,3-4,6-9H2,1-2H3,(H,31,32,34). The number of aryl methyl sites for hydroxylation is 1. The summed E-state index contributed by atoms with van der Waals surface area (Å²) in [5.74, 6) is 2.26. The average Bonchev–Trinajstić information content (AvgIpc) is 3.75. The number of hydrogen-bond donors (Lipinski definition) is 2. The van der Waals surface area contributed by atoms with Crippen LogP contribution in [-0.4, -0.2) is 51.1 Å². The van der Waals surface area contributed by atoms with Crippen LogP contribution >= 0.6 is 0 Å². The van der Waals surface area contributed by atoms with Crippen molar-refractivity contribution in [2.45, 2.75) is 44.6 Å². The van der Waals surface area contributed by atoms with E-state index in [1.807, 2.05) is 24.5 Å². The summed E-state index contributed by atoms with van der Waals surface area (Å²) in [6.07, 6.45) is 11.6. The van der Waals surface area contributed by atoms with E-state index in [0.29, 0.717) is 23.6 Å². The zero-order valence-corrected chi connectivity index (χ0v) is 20.5. The Bertz CT molecular complexity index is 1410. The molecule has 2 N–H and O–H groups in total. The van der Waals surface area contributed by atoms with E-state index in [4.69, 9.17) is 9.97 Å². The summed E-state index contributed by atoms with van der Waals surface area (Å²) in [6.45, 7) is 3.81. The van der Waals surface area contributed by atoms with Crippen LogP contribution in [0.5, 0.6) is 0 Å². The first-order valence-electron chi connectivity index (χ1n) is 12.5. The van der Waals surface area contributed by atoms with Crippen molar-refractivity contribution in [3.05, 3.63) is 59.9 Å². The molecule has 1 saturated carbocycles. The molecule has 1 saturated heterocycles. The lowest BCUT2D eigenvalue weighted by Crippen LogP contribution is -2.41. The molecule has 1 aliphatic heterocycles. The van der Waals surface area contributed by atoms with E-state index in [2.05, 4.69) is 37.5 Å². The molecule has 0 amide bonds. The maximum absolute atomic E-state index is 14.4. The Morgan fingerprint density at radius 1 is 1.03 bits per heavy atom. The minimum Gasteiger partial charge on any atom is -0.356 e. The van der Waals surface area contributed by atoms with Gasteiger partial charge >= 0.3 is 0 Å². The van der Waals surface area contributed by atoms with E-state index in [9.17, 15) is 4.39 Å². The van der Waals surface area contributed by atoms with Crippen molar-refractivity contribution in [3.8, 4) is 11.4 Å². The Kier molecular flexibility index (Phi) is 5.92. The van der Waals surface area contributed by atoms with Gasteiger partial charge in [0.05, 0.1) is 11.7 Å². The number of pyridine rings is 3. The van der Waals surface area contributed by atoms with Crippen LogP contribution in [-0.2, 0) is 0 Å². The summed E-state index contributed by atoms with van der Waals surface area (Å²) < 4.78 is 14.4. The van der Waals surface area contributed by atoms with Gasteiger partial charge in [-0.1, -0.05) is 0 Å². The summed E-state index contributed by atoms with van der Waals surface area (Å²) in [4.78, 5) is 25.4. The van der Waals surface area contributed by atoms with Crippen molar-refractivity contribution >= 4 is 28.4 Å². The number of anilines is 3. The highest BCUT2D eigenvalue weighted by Crippen LogP contribution is 2.45. The van der Waals surface area contributed by atoms with Crippen molar-refractivity contribution in [3.63, 3.8) is 0 Å². The van der Waals surface area contributed by atoms with Crippen LogP contribution < -0.4 is 15.5 Å². The molecule has 0 aromatic carbocycles. The molecule has 4 aromatic heterocycles. The number of rotatable bonds is 6. The lowest BCUT2D eigenvalue weighted by molar-refractivity contribution is 0.442. The molecule has 2 fully saturated rings. The van der Waals surface area contributed by atoms with E-state index in [1.54, 1.807) is 19.3 Å². The Morgan fingerprint density at radius 2 is 1.86 bits per heavy atom. The lowest BCUT2D eigenvalue weighted by Gasteiger charge is -2.33. The average molecular weight is 485 g/mol. The van der Waals surface area contributed by atoms with E-state index in [1.165, 1.54) is 24.5 Å². The van der Waals surface area contributed by atoms with Crippen LogP contribution in [0.3, 0.4) is 0 Å². The predicted molar refractivity (Wildman–Crippen MR) is 139 cm³/mol. The molecule has 4 aromatic rings. The maximum Gasteiger partial charge on any atom is 0.167 e. The van der Waals surface area contributed by atoms with E-state index < -0.39 is 5.82 Å². The van der Waals surface area contributed by atoms with Crippen LogP contribution in [0.1, 0.15) is 42.7 Å². The molecule has 1 aliphatic carbocycles. The number of nitrogens with zero attached hydrogens (tertiary/aromatic N) is 6. The molecule has 0 unspecified atom stereocenters. The Morgan fingerprint density at radius 3 is 2.64 bits per heavy atom. The Balaban J connectivity index is 1.42. The summed E-state index contributed by atoms with van der Waals surface area (Å²) in [5, 5.41) is 7.55. The Labute approximate surface area is 209 Å². The van der Waals surface area contributed by atoms with Crippen LogP contribution in [0.15, 0.2) is 43.0 Å². The minimum absolute atomic E-state index is 0.134. The number of nitrogens with one attached hydrogen (secondary N) is 2. The van der Waals surface area contributed by atoms with Gasteiger partial charge in [0.2, 0.25) is 0 Å². The second-order valence-electron chi connectivity index (χ2n) is 9.76. The first-order valence-corrected chi connectivity index (χ1v) is 12.5. The maximum atomic E-state index is 14.4. The van der Waals surface area contributed by atoms with E-state index in [0.717, 1.165) is 53.8 Å². The van der Waals surface area contributed by atoms with Gasteiger partial charge < -0.3 is 15.5 Å². The zero-order valence-electron chi connectivity index (χ0n) is 20.5. The highest BCUT2D eigenvalue weighted by atomic mass is 19.1.